The topological polar surface area (TPSA) is 83.1 Å². The van der Waals surface area contributed by atoms with E-state index in [2.05, 4.69) is 44.7 Å². The summed E-state index contributed by atoms with van der Waals surface area (Å²) in [5.41, 5.74) is 3.52. The second kappa shape index (κ2) is 3.40. The van der Waals surface area contributed by atoms with E-state index in [0.29, 0.717) is 11.7 Å². The predicted molar refractivity (Wildman–Crippen MR) is 64.6 cm³/mol. The van der Waals surface area contributed by atoms with Crippen LogP contribution in [0.2, 0.25) is 0 Å². The molecule has 2 aromatic heterocycles. The van der Waals surface area contributed by atoms with Crippen LogP contribution in [0.5, 0.6) is 0 Å². The number of tetrazole rings is 1. The van der Waals surface area contributed by atoms with E-state index in [0.717, 1.165) is 29.9 Å². The van der Waals surface area contributed by atoms with Crippen LogP contribution in [0.4, 0.5) is 0 Å². The number of hydrogen-bond acceptors (Lipinski definition) is 4. The van der Waals surface area contributed by atoms with Crippen molar-refractivity contribution in [1.29, 1.82) is 0 Å². The van der Waals surface area contributed by atoms with Crippen LogP contribution in [-0.4, -0.2) is 30.8 Å². The lowest BCUT2D eigenvalue weighted by Crippen LogP contribution is -1.98. The first-order valence-corrected chi connectivity index (χ1v) is 6.56. The van der Waals surface area contributed by atoms with Crippen molar-refractivity contribution in [2.75, 3.05) is 0 Å². The summed E-state index contributed by atoms with van der Waals surface area (Å²) in [7, 11) is 0. The third kappa shape index (κ3) is 1.28. The van der Waals surface area contributed by atoms with Gasteiger partial charge >= 0.3 is 0 Å². The van der Waals surface area contributed by atoms with E-state index in [9.17, 15) is 0 Å². The summed E-state index contributed by atoms with van der Waals surface area (Å²) in [6, 6.07) is 0. The summed E-state index contributed by atoms with van der Waals surface area (Å²) in [5.74, 6) is 3.77. The van der Waals surface area contributed by atoms with Gasteiger partial charge in [-0.05, 0) is 35.8 Å². The first kappa shape index (κ1) is 10.2. The van der Waals surface area contributed by atoms with Gasteiger partial charge < -0.3 is 0 Å². The van der Waals surface area contributed by atoms with Crippen LogP contribution in [0.15, 0.2) is 0 Å². The molecule has 2 aromatic rings. The highest BCUT2D eigenvalue weighted by Gasteiger charge is 2.57. The second-order valence-corrected chi connectivity index (χ2v) is 5.89. The highest BCUT2D eigenvalue weighted by Crippen LogP contribution is 2.63. The lowest BCUT2D eigenvalue weighted by molar-refractivity contribution is 0.503. The van der Waals surface area contributed by atoms with Gasteiger partial charge in [-0.15, -0.1) is 10.2 Å². The van der Waals surface area contributed by atoms with Gasteiger partial charge in [0, 0.05) is 17.2 Å². The zero-order valence-electron chi connectivity index (χ0n) is 10.5. The smallest absolute Gasteiger partial charge is 0.225 e. The minimum atomic E-state index is 0.606. The maximum absolute atomic E-state index is 4.36. The van der Waals surface area contributed by atoms with E-state index in [1.54, 1.807) is 0 Å². The zero-order chi connectivity index (χ0) is 12.3. The van der Waals surface area contributed by atoms with Gasteiger partial charge in [0.2, 0.25) is 5.82 Å². The Morgan fingerprint density at radius 1 is 1.33 bits per heavy atom. The molecule has 2 aliphatic rings. The molecule has 18 heavy (non-hydrogen) atoms. The maximum Gasteiger partial charge on any atom is 0.225 e. The fourth-order valence-corrected chi connectivity index (χ4v) is 3.56. The molecule has 0 saturated heterocycles. The van der Waals surface area contributed by atoms with Crippen LogP contribution in [0.25, 0.3) is 11.5 Å². The molecule has 0 unspecified atom stereocenters. The van der Waals surface area contributed by atoms with E-state index >= 15 is 0 Å². The van der Waals surface area contributed by atoms with E-state index in [4.69, 9.17) is 0 Å². The molecule has 1 saturated carbocycles. The van der Waals surface area contributed by atoms with E-state index < -0.39 is 0 Å². The fourth-order valence-electron chi connectivity index (χ4n) is 3.56. The Balaban J connectivity index is 1.63. The maximum atomic E-state index is 4.36. The van der Waals surface area contributed by atoms with Crippen molar-refractivity contribution in [1.82, 2.24) is 30.8 Å². The Bertz CT molecular complexity index is 569. The number of nitrogens with one attached hydrogen (secondary N) is 2. The zero-order valence-corrected chi connectivity index (χ0v) is 10.5. The van der Waals surface area contributed by atoms with Gasteiger partial charge in [0.25, 0.3) is 0 Å². The van der Waals surface area contributed by atoms with Gasteiger partial charge in [-0.25, -0.2) is 0 Å². The van der Waals surface area contributed by atoms with Gasteiger partial charge in [-0.2, -0.15) is 10.3 Å². The van der Waals surface area contributed by atoms with Crippen LogP contribution in [0.1, 0.15) is 37.4 Å². The third-order valence-electron chi connectivity index (χ3n) is 4.30. The molecule has 0 bridgehead atoms. The average molecular weight is 244 g/mol. The normalized spacial score (nSPS) is 28.5. The summed E-state index contributed by atoms with van der Waals surface area (Å²) in [6.07, 6.45) is 2.45. The molecule has 1 fully saturated rings. The van der Waals surface area contributed by atoms with Gasteiger partial charge in [0.05, 0.1) is 0 Å². The molecule has 2 N–H and O–H groups in total. The fraction of sp³-hybridized carbons (Fsp3) is 0.667. The first-order valence-electron chi connectivity index (χ1n) is 6.56. The number of rotatable bonds is 3. The van der Waals surface area contributed by atoms with Crippen LogP contribution < -0.4 is 0 Å². The van der Waals surface area contributed by atoms with E-state index in [1.165, 1.54) is 17.7 Å². The lowest BCUT2D eigenvalue weighted by atomic mass is 9.99. The highest BCUT2D eigenvalue weighted by molar-refractivity contribution is 5.59. The van der Waals surface area contributed by atoms with Crippen molar-refractivity contribution in [2.45, 2.75) is 32.6 Å². The Morgan fingerprint density at radius 2 is 2.22 bits per heavy atom. The molecule has 2 aliphatic carbocycles. The summed E-state index contributed by atoms with van der Waals surface area (Å²) in [6.45, 7) is 4.60. The molecule has 3 atom stereocenters. The van der Waals surface area contributed by atoms with Crippen LogP contribution in [-0.2, 0) is 6.42 Å². The molecule has 0 amide bonds. The van der Waals surface area contributed by atoms with Crippen molar-refractivity contribution in [2.24, 2.45) is 17.8 Å². The molecular weight excluding hydrogens is 228 g/mol. The van der Waals surface area contributed by atoms with Crippen molar-refractivity contribution in [3.05, 3.63) is 11.3 Å². The molecular formula is C12H16N6. The van der Waals surface area contributed by atoms with Crippen molar-refractivity contribution in [3.63, 3.8) is 0 Å². The Kier molecular flexibility index (Phi) is 1.93. The second-order valence-electron chi connectivity index (χ2n) is 5.89. The SMILES string of the molecule is CC(C)C[C@@H]1[C@H]2Cc3c(-c4nn[nH]n4)n[nH]c3[C@H]21. The number of fused-ring (bicyclic) bond motifs is 3. The Labute approximate surface area is 105 Å². The molecule has 6 heteroatoms. The number of nitrogens with zero attached hydrogens (tertiary/aromatic N) is 4. The summed E-state index contributed by atoms with van der Waals surface area (Å²) in [4.78, 5) is 0. The third-order valence-corrected chi connectivity index (χ3v) is 4.30. The van der Waals surface area contributed by atoms with Crippen molar-refractivity contribution < 1.29 is 0 Å². The first-order chi connectivity index (χ1) is 8.75. The van der Waals surface area contributed by atoms with Crippen LogP contribution >= 0.6 is 0 Å². The Morgan fingerprint density at radius 3 is 2.94 bits per heavy atom. The van der Waals surface area contributed by atoms with Crippen LogP contribution in [0.3, 0.4) is 0 Å². The monoisotopic (exact) mass is 244 g/mol. The predicted octanol–water partition coefficient (Wildman–Crippen LogP) is 1.52. The molecule has 0 radical (unpaired) electrons. The summed E-state index contributed by atoms with van der Waals surface area (Å²) < 4.78 is 0. The van der Waals surface area contributed by atoms with Crippen molar-refractivity contribution >= 4 is 0 Å². The number of H-pyrrole nitrogens is 2. The molecule has 0 spiro atoms. The van der Waals surface area contributed by atoms with Gasteiger partial charge in [0.1, 0.15) is 5.69 Å². The van der Waals surface area contributed by atoms with Gasteiger partial charge in [0.15, 0.2) is 0 Å². The summed E-state index contributed by atoms with van der Waals surface area (Å²) >= 11 is 0. The average Bonchev–Trinajstić information content (AvgIpc) is 2.83. The molecule has 0 aromatic carbocycles. The van der Waals surface area contributed by atoms with Gasteiger partial charge in [-0.3, -0.25) is 5.10 Å². The minimum absolute atomic E-state index is 0.606. The van der Waals surface area contributed by atoms with E-state index in [-0.39, 0.29) is 0 Å². The number of aromatic amines is 2. The molecule has 4 rings (SSSR count). The van der Waals surface area contributed by atoms with Gasteiger partial charge in [-0.1, -0.05) is 13.8 Å². The summed E-state index contributed by atoms with van der Waals surface area (Å²) in [5, 5.41) is 21.7. The lowest BCUT2D eigenvalue weighted by Gasteiger charge is -2.06. The minimum Gasteiger partial charge on any atom is -0.281 e. The molecule has 0 aliphatic heterocycles. The molecule has 94 valence electrons. The highest BCUT2D eigenvalue weighted by atomic mass is 15.5. The van der Waals surface area contributed by atoms with Crippen LogP contribution in [0, 0.1) is 17.8 Å². The quantitative estimate of drug-likeness (QED) is 0.857. The van der Waals surface area contributed by atoms with E-state index in [1.807, 2.05) is 0 Å². The largest absolute Gasteiger partial charge is 0.281 e. The number of aromatic nitrogens is 6. The number of hydrogen-bond donors (Lipinski definition) is 2. The molecule has 6 nitrogen and oxygen atoms in total. The van der Waals surface area contributed by atoms with Crippen molar-refractivity contribution in [3.8, 4) is 11.5 Å². The Hall–Kier alpha value is -1.72. The standard InChI is InChI=1S/C12H16N6/c1-5(2)3-6-7-4-8-10(9(6)7)13-14-11(8)12-15-17-18-16-12/h5-7,9H,3-4H2,1-2H3,(H,13,14)(H,15,16,17,18)/t6-,7-,9+/m1/s1. The molecule has 2 heterocycles.